The van der Waals surface area contributed by atoms with E-state index in [9.17, 15) is 14.0 Å². The summed E-state index contributed by atoms with van der Waals surface area (Å²) >= 11 is 9.47. The van der Waals surface area contributed by atoms with Gasteiger partial charge in [-0.2, -0.15) is 0 Å². The third-order valence-electron chi connectivity index (χ3n) is 4.58. The second-order valence-corrected chi connectivity index (χ2v) is 7.90. The highest BCUT2D eigenvalue weighted by atomic mass is 79.9. The van der Waals surface area contributed by atoms with Gasteiger partial charge in [0, 0.05) is 20.6 Å². The number of carbonyl (C=O) groups excluding carboxylic acids is 2. The van der Waals surface area contributed by atoms with E-state index in [4.69, 9.17) is 16.0 Å². The normalized spacial score (nSPS) is 19.0. The van der Waals surface area contributed by atoms with Crippen molar-refractivity contribution in [1.29, 1.82) is 0 Å². The molecule has 0 radical (unpaired) electrons. The van der Waals surface area contributed by atoms with Crippen molar-refractivity contribution in [2.24, 2.45) is 0 Å². The Bertz CT molecular complexity index is 1140. The molecule has 1 saturated heterocycles. The van der Waals surface area contributed by atoms with Gasteiger partial charge >= 0.3 is 6.03 Å². The molecular weight excluding hydrogens is 467 g/mol. The molecule has 2 aromatic carbocycles. The van der Waals surface area contributed by atoms with Crippen LogP contribution in [0.25, 0.3) is 11.5 Å². The van der Waals surface area contributed by atoms with E-state index in [-0.39, 0.29) is 23.3 Å². The van der Waals surface area contributed by atoms with E-state index < -0.39 is 23.3 Å². The van der Waals surface area contributed by atoms with E-state index in [0.717, 1.165) is 15.4 Å². The van der Waals surface area contributed by atoms with Gasteiger partial charge in [-0.05, 0) is 37.3 Å². The molecule has 4 rings (SSSR count). The highest BCUT2D eigenvalue weighted by Gasteiger charge is 2.50. The number of aromatic nitrogens is 2. The summed E-state index contributed by atoms with van der Waals surface area (Å²) in [5.74, 6) is -0.740. The smallest absolute Gasteiger partial charge is 0.325 e. The van der Waals surface area contributed by atoms with Gasteiger partial charge in [-0.3, -0.25) is 9.69 Å². The lowest BCUT2D eigenvalue weighted by molar-refractivity contribution is -0.131. The Morgan fingerprint density at radius 1 is 1.24 bits per heavy atom. The number of nitrogens with one attached hydrogen (secondary N) is 1. The van der Waals surface area contributed by atoms with Crippen molar-refractivity contribution in [2.45, 2.75) is 19.0 Å². The van der Waals surface area contributed by atoms with E-state index in [0.29, 0.717) is 11.1 Å². The number of urea groups is 1. The number of carbonyl (C=O) groups is 2. The molecule has 1 aliphatic heterocycles. The zero-order valence-corrected chi connectivity index (χ0v) is 17.3. The lowest BCUT2D eigenvalue weighted by Gasteiger charge is -2.23. The molecular formula is C19H13BrClFN4O3. The molecule has 7 nitrogen and oxygen atoms in total. The summed E-state index contributed by atoms with van der Waals surface area (Å²) in [5.41, 5.74) is -0.449. The fourth-order valence-electron chi connectivity index (χ4n) is 3.11. The minimum atomic E-state index is -1.44. The summed E-state index contributed by atoms with van der Waals surface area (Å²) in [6.07, 6.45) is 0. The largest absolute Gasteiger partial charge is 0.419 e. The molecule has 0 saturated carbocycles. The molecule has 3 amide bonds. The Balaban J connectivity index is 1.59. The first kappa shape index (κ1) is 19.5. The lowest BCUT2D eigenvalue weighted by Crippen LogP contribution is -2.41. The van der Waals surface area contributed by atoms with Gasteiger partial charge in [-0.25, -0.2) is 9.18 Å². The van der Waals surface area contributed by atoms with Crippen LogP contribution in [-0.4, -0.2) is 27.0 Å². The lowest BCUT2D eigenvalue weighted by atomic mass is 9.92. The predicted molar refractivity (Wildman–Crippen MR) is 105 cm³/mol. The fraction of sp³-hybridized carbons (Fsp3) is 0.158. The Morgan fingerprint density at radius 2 is 2.03 bits per heavy atom. The summed E-state index contributed by atoms with van der Waals surface area (Å²) in [4.78, 5) is 26.4. The van der Waals surface area contributed by atoms with Gasteiger partial charge in [-0.15, -0.1) is 10.2 Å². The standard InChI is InChI=1S/C19H13BrClFN4O3/c1-19(13-6-5-12(22)8-14(13)21)17(27)26(18(28)23-19)9-15-24-25-16(29-15)10-3-2-4-11(20)7-10/h2-8H,9H2,1H3,(H,23,28). The summed E-state index contributed by atoms with van der Waals surface area (Å²) in [6, 6.07) is 10.3. The van der Waals surface area contributed by atoms with Gasteiger partial charge < -0.3 is 9.73 Å². The number of imide groups is 1. The van der Waals surface area contributed by atoms with E-state index in [2.05, 4.69) is 31.4 Å². The Kier molecular flexibility index (Phi) is 4.87. The number of nitrogens with zero attached hydrogens (tertiary/aromatic N) is 3. The minimum Gasteiger partial charge on any atom is -0.419 e. The number of hydrogen-bond acceptors (Lipinski definition) is 5. The third-order valence-corrected chi connectivity index (χ3v) is 5.38. The maximum Gasteiger partial charge on any atom is 0.325 e. The summed E-state index contributed by atoms with van der Waals surface area (Å²) in [6.45, 7) is 1.30. The molecule has 0 aliphatic carbocycles. The zero-order chi connectivity index (χ0) is 20.8. The number of hydrogen-bond donors (Lipinski definition) is 1. The summed E-state index contributed by atoms with van der Waals surface area (Å²) < 4.78 is 19.8. The monoisotopic (exact) mass is 478 g/mol. The SMILES string of the molecule is CC1(c2ccc(F)cc2Cl)NC(=O)N(Cc2nnc(-c3cccc(Br)c3)o2)C1=O. The number of rotatable bonds is 4. The first-order valence-electron chi connectivity index (χ1n) is 8.46. The molecule has 29 heavy (non-hydrogen) atoms. The van der Waals surface area contributed by atoms with Crippen LogP contribution in [0.1, 0.15) is 18.4 Å². The van der Waals surface area contributed by atoms with Crippen molar-refractivity contribution in [1.82, 2.24) is 20.4 Å². The average molecular weight is 480 g/mol. The van der Waals surface area contributed by atoms with Crippen molar-refractivity contribution in [2.75, 3.05) is 0 Å². The van der Waals surface area contributed by atoms with Crippen molar-refractivity contribution in [3.8, 4) is 11.5 Å². The average Bonchev–Trinajstić information content (AvgIpc) is 3.21. The highest BCUT2D eigenvalue weighted by molar-refractivity contribution is 9.10. The van der Waals surface area contributed by atoms with Crippen molar-refractivity contribution >= 4 is 39.5 Å². The number of amides is 3. The molecule has 1 N–H and O–H groups in total. The van der Waals surface area contributed by atoms with Gasteiger partial charge in [0.25, 0.3) is 5.91 Å². The van der Waals surface area contributed by atoms with E-state index in [1.54, 1.807) is 12.1 Å². The third kappa shape index (κ3) is 3.51. The van der Waals surface area contributed by atoms with Crippen LogP contribution in [-0.2, 0) is 16.9 Å². The number of halogens is 3. The Labute approximate surface area is 178 Å². The van der Waals surface area contributed by atoms with Crippen molar-refractivity contribution < 1.29 is 18.4 Å². The van der Waals surface area contributed by atoms with Gasteiger partial charge in [-0.1, -0.05) is 39.7 Å². The molecule has 0 spiro atoms. The summed E-state index contributed by atoms with van der Waals surface area (Å²) in [7, 11) is 0. The summed E-state index contributed by atoms with van der Waals surface area (Å²) in [5, 5.41) is 10.5. The van der Waals surface area contributed by atoms with Gasteiger partial charge in [0.2, 0.25) is 11.8 Å². The number of benzene rings is 2. The molecule has 1 fully saturated rings. The van der Waals surface area contributed by atoms with Crippen LogP contribution in [0.3, 0.4) is 0 Å². The van der Waals surface area contributed by atoms with E-state index in [1.165, 1.54) is 19.1 Å². The Morgan fingerprint density at radius 3 is 2.76 bits per heavy atom. The molecule has 148 valence electrons. The van der Waals surface area contributed by atoms with Gasteiger partial charge in [0.15, 0.2) is 0 Å². The predicted octanol–water partition coefficient (Wildman–Crippen LogP) is 4.26. The molecule has 10 heteroatoms. The molecule has 1 aromatic heterocycles. The second-order valence-electron chi connectivity index (χ2n) is 6.58. The topological polar surface area (TPSA) is 88.3 Å². The van der Waals surface area contributed by atoms with Gasteiger partial charge in [0.1, 0.15) is 17.9 Å². The molecule has 1 atom stereocenters. The van der Waals surface area contributed by atoms with Crippen LogP contribution in [0.2, 0.25) is 5.02 Å². The molecule has 2 heterocycles. The van der Waals surface area contributed by atoms with Crippen LogP contribution >= 0.6 is 27.5 Å². The highest BCUT2D eigenvalue weighted by Crippen LogP contribution is 2.34. The van der Waals surface area contributed by atoms with E-state index in [1.807, 2.05) is 12.1 Å². The van der Waals surface area contributed by atoms with Crippen molar-refractivity contribution in [3.05, 3.63) is 69.2 Å². The van der Waals surface area contributed by atoms with Crippen LogP contribution in [0.5, 0.6) is 0 Å². The van der Waals surface area contributed by atoms with Crippen LogP contribution in [0.4, 0.5) is 9.18 Å². The molecule has 1 unspecified atom stereocenters. The molecule has 0 bridgehead atoms. The Hall–Kier alpha value is -2.78. The quantitative estimate of drug-likeness (QED) is 0.565. The van der Waals surface area contributed by atoms with Crippen LogP contribution < -0.4 is 5.32 Å². The van der Waals surface area contributed by atoms with Crippen LogP contribution in [0.15, 0.2) is 51.4 Å². The molecule has 1 aliphatic rings. The minimum absolute atomic E-state index is 0.0396. The van der Waals surface area contributed by atoms with E-state index >= 15 is 0 Å². The van der Waals surface area contributed by atoms with Crippen molar-refractivity contribution in [3.63, 3.8) is 0 Å². The van der Waals surface area contributed by atoms with Crippen LogP contribution in [0, 0.1) is 5.82 Å². The first-order chi connectivity index (χ1) is 13.8. The molecule has 3 aromatic rings. The first-order valence-corrected chi connectivity index (χ1v) is 9.63. The van der Waals surface area contributed by atoms with Gasteiger partial charge in [0.05, 0.1) is 0 Å². The zero-order valence-electron chi connectivity index (χ0n) is 14.9. The maximum absolute atomic E-state index is 13.4. The second kappa shape index (κ2) is 7.23. The maximum atomic E-state index is 13.4. The fourth-order valence-corrected chi connectivity index (χ4v) is 3.86.